The summed E-state index contributed by atoms with van der Waals surface area (Å²) in [7, 11) is 0. The normalized spacial score (nSPS) is 18.6. The third-order valence-electron chi connectivity index (χ3n) is 8.45. The van der Waals surface area contributed by atoms with Crippen LogP contribution in [0.3, 0.4) is 0 Å². The molecule has 0 unspecified atom stereocenters. The van der Waals surface area contributed by atoms with Gasteiger partial charge in [-0.3, -0.25) is 9.59 Å². The molecular weight excluding hydrogens is 463 g/mol. The molecule has 2 aliphatic rings. The van der Waals surface area contributed by atoms with Crippen molar-refractivity contribution in [1.29, 1.82) is 0 Å². The summed E-state index contributed by atoms with van der Waals surface area (Å²) in [6, 6.07) is 10.3. The van der Waals surface area contributed by atoms with Crippen LogP contribution < -0.4 is 0 Å². The molecule has 3 aromatic rings. The Hall–Kier alpha value is -2.66. The van der Waals surface area contributed by atoms with Gasteiger partial charge in [0.25, 0.3) is 5.91 Å². The highest BCUT2D eigenvalue weighted by Gasteiger charge is 2.41. The summed E-state index contributed by atoms with van der Waals surface area (Å²) in [6.45, 7) is 7.91. The number of nitrogens with zero attached hydrogens (tertiary/aromatic N) is 2. The molecule has 6 heteroatoms. The van der Waals surface area contributed by atoms with Crippen LogP contribution in [-0.4, -0.2) is 34.2 Å². The molecule has 1 aromatic heterocycles. The molecule has 0 radical (unpaired) electrons. The SMILES string of the molecule is CCC1(Cn2cc(C(=O)N3CCC(C)(c4ccc(F)cc4C(C)=O)CC3)c3ccc(Cl)cc32)CC1. The minimum absolute atomic E-state index is 0.0327. The number of fused-ring (bicyclic) bond motifs is 1. The van der Waals surface area contributed by atoms with Gasteiger partial charge >= 0.3 is 0 Å². The summed E-state index contributed by atoms with van der Waals surface area (Å²) < 4.78 is 16.0. The zero-order valence-corrected chi connectivity index (χ0v) is 21.4. The highest BCUT2D eigenvalue weighted by atomic mass is 35.5. The highest BCUT2D eigenvalue weighted by molar-refractivity contribution is 6.31. The first-order valence-electron chi connectivity index (χ1n) is 12.5. The molecule has 1 aliphatic heterocycles. The summed E-state index contributed by atoms with van der Waals surface area (Å²) in [5, 5.41) is 1.61. The van der Waals surface area contributed by atoms with Crippen LogP contribution in [0.5, 0.6) is 0 Å². The van der Waals surface area contributed by atoms with E-state index in [1.807, 2.05) is 29.3 Å². The Morgan fingerprint density at radius 2 is 1.74 bits per heavy atom. The number of carbonyl (C=O) groups is 2. The fourth-order valence-corrected chi connectivity index (χ4v) is 5.87. The Bertz CT molecular complexity index is 1320. The molecule has 4 nitrogen and oxygen atoms in total. The number of halogens is 2. The summed E-state index contributed by atoms with van der Waals surface area (Å²) in [5.74, 6) is -0.501. The van der Waals surface area contributed by atoms with Gasteiger partial charge in [0.05, 0.1) is 11.1 Å². The molecule has 184 valence electrons. The van der Waals surface area contributed by atoms with Crippen LogP contribution in [0, 0.1) is 11.2 Å². The van der Waals surface area contributed by atoms with Crippen molar-refractivity contribution in [3.63, 3.8) is 0 Å². The van der Waals surface area contributed by atoms with Crippen molar-refractivity contribution >= 4 is 34.2 Å². The second-order valence-electron chi connectivity index (χ2n) is 10.8. The van der Waals surface area contributed by atoms with Crippen molar-refractivity contribution in [3.8, 4) is 0 Å². The van der Waals surface area contributed by atoms with Crippen molar-refractivity contribution in [3.05, 3.63) is 70.1 Å². The molecule has 1 amide bonds. The number of benzene rings is 2. The number of amides is 1. The van der Waals surface area contributed by atoms with Crippen molar-refractivity contribution in [2.24, 2.45) is 5.41 Å². The van der Waals surface area contributed by atoms with E-state index in [0.717, 1.165) is 35.0 Å². The highest BCUT2D eigenvalue weighted by Crippen LogP contribution is 2.50. The number of aromatic nitrogens is 1. The predicted octanol–water partition coefficient (Wildman–Crippen LogP) is 7.02. The lowest BCUT2D eigenvalue weighted by atomic mass is 9.72. The fraction of sp³-hybridized carbons (Fsp3) is 0.448. The second kappa shape index (κ2) is 8.77. The van der Waals surface area contributed by atoms with E-state index >= 15 is 0 Å². The maximum atomic E-state index is 13.8. The average Bonchev–Trinajstić information content (AvgIpc) is 3.53. The molecule has 0 spiro atoms. The maximum Gasteiger partial charge on any atom is 0.256 e. The number of hydrogen-bond donors (Lipinski definition) is 0. The van der Waals surface area contributed by atoms with E-state index in [4.69, 9.17) is 11.6 Å². The lowest BCUT2D eigenvalue weighted by molar-refractivity contribution is 0.0676. The number of carbonyl (C=O) groups excluding carboxylic acids is 2. The van der Waals surface area contributed by atoms with Gasteiger partial charge in [-0.1, -0.05) is 37.6 Å². The van der Waals surface area contributed by atoms with Gasteiger partial charge in [-0.15, -0.1) is 0 Å². The van der Waals surface area contributed by atoms with Crippen molar-refractivity contribution < 1.29 is 14.0 Å². The smallest absolute Gasteiger partial charge is 0.256 e. The van der Waals surface area contributed by atoms with Gasteiger partial charge in [-0.2, -0.15) is 0 Å². The molecule has 0 N–H and O–H groups in total. The second-order valence-corrected chi connectivity index (χ2v) is 11.2. The van der Waals surface area contributed by atoms with Crippen molar-refractivity contribution in [1.82, 2.24) is 9.47 Å². The number of ketones is 1. The number of likely N-dealkylation sites (tertiary alicyclic amines) is 1. The Morgan fingerprint density at radius 1 is 1.03 bits per heavy atom. The molecule has 2 aromatic carbocycles. The number of hydrogen-bond acceptors (Lipinski definition) is 2. The summed E-state index contributed by atoms with van der Waals surface area (Å²) in [6.07, 6.45) is 7.03. The van der Waals surface area contributed by atoms with Gasteiger partial charge in [0.1, 0.15) is 5.82 Å². The fourth-order valence-electron chi connectivity index (χ4n) is 5.71. The lowest BCUT2D eigenvalue weighted by Crippen LogP contribution is -2.44. The molecule has 1 saturated heterocycles. The molecule has 0 bridgehead atoms. The van der Waals surface area contributed by atoms with Gasteiger partial charge in [0.15, 0.2) is 5.78 Å². The maximum absolute atomic E-state index is 13.8. The van der Waals surface area contributed by atoms with Gasteiger partial charge in [-0.25, -0.2) is 4.39 Å². The minimum Gasteiger partial charge on any atom is -0.346 e. The van der Waals surface area contributed by atoms with E-state index in [1.54, 1.807) is 6.07 Å². The summed E-state index contributed by atoms with van der Waals surface area (Å²) in [4.78, 5) is 27.8. The zero-order chi connectivity index (χ0) is 25.0. The van der Waals surface area contributed by atoms with Gasteiger partial charge in [-0.05, 0) is 79.7 Å². The van der Waals surface area contributed by atoms with E-state index in [0.29, 0.717) is 41.9 Å². The first kappa shape index (κ1) is 24.1. The van der Waals surface area contributed by atoms with Crippen LogP contribution in [0.2, 0.25) is 5.02 Å². The molecule has 35 heavy (non-hydrogen) atoms. The molecule has 2 heterocycles. The zero-order valence-electron chi connectivity index (χ0n) is 20.7. The van der Waals surface area contributed by atoms with Gasteiger partial charge in [0, 0.05) is 41.8 Å². The van der Waals surface area contributed by atoms with Crippen LogP contribution >= 0.6 is 11.6 Å². The van der Waals surface area contributed by atoms with Crippen LogP contribution in [0.25, 0.3) is 10.9 Å². The Morgan fingerprint density at radius 3 is 2.37 bits per heavy atom. The minimum atomic E-state index is -0.400. The molecule has 0 atom stereocenters. The number of piperidine rings is 1. The van der Waals surface area contributed by atoms with Crippen LogP contribution in [0.4, 0.5) is 4.39 Å². The van der Waals surface area contributed by atoms with E-state index < -0.39 is 5.82 Å². The van der Waals surface area contributed by atoms with E-state index in [-0.39, 0.29) is 17.1 Å². The van der Waals surface area contributed by atoms with E-state index in [9.17, 15) is 14.0 Å². The number of rotatable bonds is 6. The Balaban J connectivity index is 1.40. The first-order valence-corrected chi connectivity index (χ1v) is 12.9. The molecule has 2 fully saturated rings. The monoisotopic (exact) mass is 494 g/mol. The molecule has 1 saturated carbocycles. The molecular formula is C29H32ClFN2O2. The molecule has 5 rings (SSSR count). The average molecular weight is 495 g/mol. The quantitative estimate of drug-likeness (QED) is 0.345. The predicted molar refractivity (Wildman–Crippen MR) is 138 cm³/mol. The van der Waals surface area contributed by atoms with Crippen LogP contribution in [0.1, 0.15) is 79.2 Å². The third kappa shape index (κ3) is 4.40. The lowest BCUT2D eigenvalue weighted by Gasteiger charge is -2.40. The Kier molecular flexibility index (Phi) is 6.03. The largest absolute Gasteiger partial charge is 0.346 e. The standard InChI is InChI=1S/C29H32ClFN2O2/c1-4-29(9-10-29)18-33-17-24(22-7-5-20(30)15-26(22)33)27(35)32-13-11-28(3,12-14-32)25-8-6-21(31)16-23(25)19(2)34/h5-8,15-17H,4,9-14,18H2,1-3H3. The molecule has 1 aliphatic carbocycles. The summed E-state index contributed by atoms with van der Waals surface area (Å²) >= 11 is 6.33. The van der Waals surface area contributed by atoms with Crippen LogP contribution in [-0.2, 0) is 12.0 Å². The Labute approximate surface area is 211 Å². The first-order chi connectivity index (χ1) is 16.6. The third-order valence-corrected chi connectivity index (χ3v) is 8.69. The number of Topliss-reactive ketones (excluding diaryl/α,β-unsaturated/α-hetero) is 1. The topological polar surface area (TPSA) is 42.3 Å². The van der Waals surface area contributed by atoms with Crippen LogP contribution in [0.15, 0.2) is 42.6 Å². The van der Waals surface area contributed by atoms with Gasteiger partial charge < -0.3 is 9.47 Å². The van der Waals surface area contributed by atoms with Crippen molar-refractivity contribution in [2.45, 2.75) is 64.8 Å². The van der Waals surface area contributed by atoms with Gasteiger partial charge in [0.2, 0.25) is 0 Å². The van der Waals surface area contributed by atoms with Crippen molar-refractivity contribution in [2.75, 3.05) is 13.1 Å². The summed E-state index contributed by atoms with van der Waals surface area (Å²) in [5.41, 5.74) is 3.10. The van der Waals surface area contributed by atoms with E-state index in [1.165, 1.54) is 31.9 Å². The van der Waals surface area contributed by atoms with E-state index in [2.05, 4.69) is 18.4 Å².